The predicted molar refractivity (Wildman–Crippen MR) is 89.3 cm³/mol. The summed E-state index contributed by atoms with van der Waals surface area (Å²) in [5, 5.41) is 11.7. The lowest BCUT2D eigenvalue weighted by atomic mass is 10.1. The van der Waals surface area contributed by atoms with Gasteiger partial charge in [-0.15, -0.1) is 0 Å². The number of nitrogens with zero attached hydrogens (tertiary/aromatic N) is 1. The third kappa shape index (κ3) is 4.41. The molecule has 2 aromatic carbocycles. The molecule has 0 aromatic heterocycles. The van der Waals surface area contributed by atoms with Gasteiger partial charge < -0.3 is 10.1 Å². The second-order valence-corrected chi connectivity index (χ2v) is 5.43. The van der Waals surface area contributed by atoms with Gasteiger partial charge in [0.15, 0.2) is 0 Å². The third-order valence-corrected chi connectivity index (χ3v) is 3.47. The molecule has 0 heterocycles. The third-order valence-electron chi connectivity index (χ3n) is 2.98. The van der Waals surface area contributed by atoms with Crippen LogP contribution >= 0.6 is 15.9 Å². The van der Waals surface area contributed by atoms with Crippen LogP contribution in [-0.4, -0.2) is 13.0 Å². The van der Waals surface area contributed by atoms with E-state index in [4.69, 9.17) is 10.00 Å². The summed E-state index contributed by atoms with van der Waals surface area (Å²) in [6, 6.07) is 12.8. The van der Waals surface area contributed by atoms with Crippen molar-refractivity contribution in [2.24, 2.45) is 0 Å². The molecule has 1 amide bonds. The number of hydrogen-bond donors (Lipinski definition) is 1. The number of amides is 1. The number of hydrogen-bond acceptors (Lipinski definition) is 3. The number of nitriles is 1. The minimum Gasteiger partial charge on any atom is -0.497 e. The van der Waals surface area contributed by atoms with Gasteiger partial charge in [-0.1, -0.05) is 22.0 Å². The number of carbonyl (C=O) groups excluding carboxylic acids is 1. The molecule has 0 aliphatic carbocycles. The Morgan fingerprint density at radius 1 is 1.30 bits per heavy atom. The Balaban J connectivity index is 2.20. The summed E-state index contributed by atoms with van der Waals surface area (Å²) >= 11 is 3.15. The van der Waals surface area contributed by atoms with Gasteiger partial charge in [-0.05, 0) is 42.5 Å². The molecule has 0 aliphatic rings. The van der Waals surface area contributed by atoms with E-state index in [9.17, 15) is 9.18 Å². The largest absolute Gasteiger partial charge is 0.497 e. The highest BCUT2D eigenvalue weighted by Crippen LogP contribution is 2.19. The topological polar surface area (TPSA) is 62.1 Å². The molecule has 0 atom stereocenters. The molecule has 1 N–H and O–H groups in total. The van der Waals surface area contributed by atoms with Crippen molar-refractivity contribution in [3.63, 3.8) is 0 Å². The first kappa shape index (κ1) is 16.7. The second kappa shape index (κ2) is 7.56. The van der Waals surface area contributed by atoms with Crippen molar-refractivity contribution in [2.75, 3.05) is 12.4 Å². The maximum absolute atomic E-state index is 13.8. The summed E-state index contributed by atoms with van der Waals surface area (Å²) in [5.41, 5.74) is 0.477. The van der Waals surface area contributed by atoms with E-state index in [1.165, 1.54) is 25.3 Å². The second-order valence-electron chi connectivity index (χ2n) is 4.52. The summed E-state index contributed by atoms with van der Waals surface area (Å²) < 4.78 is 19.4. The number of nitrogens with one attached hydrogen (secondary N) is 1. The number of ether oxygens (including phenoxy) is 1. The zero-order valence-electron chi connectivity index (χ0n) is 12.1. The Labute approximate surface area is 141 Å². The average Bonchev–Trinajstić information content (AvgIpc) is 2.54. The smallest absolute Gasteiger partial charge is 0.266 e. The molecule has 4 nitrogen and oxygen atoms in total. The Hall–Kier alpha value is -2.65. The van der Waals surface area contributed by atoms with E-state index in [1.54, 1.807) is 36.4 Å². The van der Waals surface area contributed by atoms with Gasteiger partial charge in [0.25, 0.3) is 5.91 Å². The summed E-state index contributed by atoms with van der Waals surface area (Å²) in [6.07, 6.45) is 1.21. The summed E-state index contributed by atoms with van der Waals surface area (Å²) in [7, 11) is 1.54. The maximum Gasteiger partial charge on any atom is 0.266 e. The molecule has 2 aromatic rings. The van der Waals surface area contributed by atoms with Crippen molar-refractivity contribution >= 4 is 33.6 Å². The van der Waals surface area contributed by atoms with Crippen LogP contribution in [0.2, 0.25) is 0 Å². The van der Waals surface area contributed by atoms with E-state index < -0.39 is 11.7 Å². The number of halogens is 2. The molecular formula is C17H12BrFN2O2. The van der Waals surface area contributed by atoms with Crippen LogP contribution in [0.25, 0.3) is 6.08 Å². The molecule has 0 unspecified atom stereocenters. The van der Waals surface area contributed by atoms with Crippen LogP contribution in [0.15, 0.2) is 52.5 Å². The van der Waals surface area contributed by atoms with Crippen LogP contribution in [0, 0.1) is 17.1 Å². The van der Waals surface area contributed by atoms with Gasteiger partial charge in [0.1, 0.15) is 23.2 Å². The van der Waals surface area contributed by atoms with Crippen molar-refractivity contribution in [2.45, 2.75) is 0 Å². The first-order chi connectivity index (χ1) is 11.0. The molecule has 0 radical (unpaired) electrons. The number of benzene rings is 2. The average molecular weight is 375 g/mol. The Morgan fingerprint density at radius 2 is 2.00 bits per heavy atom. The van der Waals surface area contributed by atoms with Crippen LogP contribution in [0.3, 0.4) is 0 Å². The highest BCUT2D eigenvalue weighted by Gasteiger charge is 2.11. The quantitative estimate of drug-likeness (QED) is 0.645. The van der Waals surface area contributed by atoms with E-state index in [0.717, 1.165) is 0 Å². The zero-order chi connectivity index (χ0) is 16.8. The van der Waals surface area contributed by atoms with Gasteiger partial charge in [0.05, 0.1) is 7.11 Å². The molecule has 0 saturated heterocycles. The van der Waals surface area contributed by atoms with Gasteiger partial charge in [-0.2, -0.15) is 5.26 Å². The lowest BCUT2D eigenvalue weighted by Gasteiger charge is -2.06. The molecule has 6 heteroatoms. The van der Waals surface area contributed by atoms with Gasteiger partial charge >= 0.3 is 0 Å². The van der Waals surface area contributed by atoms with Crippen molar-refractivity contribution < 1.29 is 13.9 Å². The summed E-state index contributed by atoms with van der Waals surface area (Å²) in [5.74, 6) is -0.486. The summed E-state index contributed by atoms with van der Waals surface area (Å²) in [6.45, 7) is 0. The van der Waals surface area contributed by atoms with Crippen molar-refractivity contribution in [3.8, 4) is 11.8 Å². The van der Waals surface area contributed by atoms with E-state index in [2.05, 4.69) is 21.2 Å². The van der Waals surface area contributed by atoms with Crippen molar-refractivity contribution in [3.05, 3.63) is 63.9 Å². The lowest BCUT2D eigenvalue weighted by molar-refractivity contribution is -0.112. The van der Waals surface area contributed by atoms with E-state index >= 15 is 0 Å². The molecular weight excluding hydrogens is 363 g/mol. The van der Waals surface area contributed by atoms with Gasteiger partial charge in [0, 0.05) is 15.7 Å². The molecule has 116 valence electrons. The minimum atomic E-state index is -0.611. The van der Waals surface area contributed by atoms with Crippen LogP contribution in [0.4, 0.5) is 10.1 Å². The summed E-state index contributed by atoms with van der Waals surface area (Å²) in [4.78, 5) is 12.1. The highest BCUT2D eigenvalue weighted by atomic mass is 79.9. The monoisotopic (exact) mass is 374 g/mol. The Bertz CT molecular complexity index is 795. The Kier molecular flexibility index (Phi) is 5.50. The molecule has 0 spiro atoms. The standard InChI is InChI=1S/C17H12BrFN2O2/c1-23-15-6-4-14(5-7-15)21-17(22)12(10-20)8-11-2-3-13(18)9-16(11)19/h2-9H,1H3,(H,21,22). The minimum absolute atomic E-state index is 0.162. The van der Waals surface area contributed by atoms with Crippen molar-refractivity contribution in [1.82, 2.24) is 0 Å². The van der Waals surface area contributed by atoms with Crippen LogP contribution in [0.1, 0.15) is 5.56 Å². The van der Waals surface area contributed by atoms with E-state index in [-0.39, 0.29) is 11.1 Å². The SMILES string of the molecule is COc1ccc(NC(=O)C(C#N)=Cc2ccc(Br)cc2F)cc1. The van der Waals surface area contributed by atoms with Crippen LogP contribution in [-0.2, 0) is 4.79 Å². The molecule has 0 aliphatic heterocycles. The highest BCUT2D eigenvalue weighted by molar-refractivity contribution is 9.10. The van der Waals surface area contributed by atoms with Crippen LogP contribution in [0.5, 0.6) is 5.75 Å². The lowest BCUT2D eigenvalue weighted by Crippen LogP contribution is -2.13. The molecule has 0 fully saturated rings. The first-order valence-electron chi connectivity index (χ1n) is 6.55. The first-order valence-corrected chi connectivity index (χ1v) is 7.35. The van der Waals surface area contributed by atoms with Crippen LogP contribution < -0.4 is 10.1 Å². The number of methoxy groups -OCH3 is 1. The fourth-order valence-corrected chi connectivity index (χ4v) is 2.13. The molecule has 2 rings (SSSR count). The van der Waals surface area contributed by atoms with Gasteiger partial charge in [-0.25, -0.2) is 4.39 Å². The zero-order valence-corrected chi connectivity index (χ0v) is 13.7. The number of carbonyl (C=O) groups is 1. The molecule has 0 saturated carbocycles. The number of rotatable bonds is 4. The Morgan fingerprint density at radius 3 is 2.57 bits per heavy atom. The number of anilines is 1. The van der Waals surface area contributed by atoms with Gasteiger partial charge in [0.2, 0.25) is 0 Å². The maximum atomic E-state index is 13.8. The fraction of sp³-hybridized carbons (Fsp3) is 0.0588. The molecule has 23 heavy (non-hydrogen) atoms. The predicted octanol–water partition coefficient (Wildman–Crippen LogP) is 4.14. The molecule has 0 bridgehead atoms. The van der Waals surface area contributed by atoms with Crippen molar-refractivity contribution in [1.29, 1.82) is 5.26 Å². The normalized spacial score (nSPS) is 10.8. The van der Waals surface area contributed by atoms with E-state index in [1.807, 2.05) is 0 Å². The fourth-order valence-electron chi connectivity index (χ4n) is 1.80. The van der Waals surface area contributed by atoms with E-state index in [0.29, 0.717) is 15.9 Å². The van der Waals surface area contributed by atoms with Gasteiger partial charge in [-0.3, -0.25) is 4.79 Å².